The molecule has 5 rings (SSSR count). The molecule has 0 N–H and O–H groups in total. The summed E-state index contributed by atoms with van der Waals surface area (Å²) in [6, 6.07) is 13.3. The third-order valence-electron chi connectivity index (χ3n) is 5.92. The van der Waals surface area contributed by atoms with E-state index < -0.39 is 0 Å². The van der Waals surface area contributed by atoms with Crippen LogP contribution in [0.4, 0.5) is 0 Å². The number of rotatable bonds is 8. The minimum absolute atomic E-state index is 0.00152. The number of fused-ring (bicyclic) bond motifs is 1. The van der Waals surface area contributed by atoms with E-state index in [1.165, 1.54) is 0 Å². The second-order valence-corrected chi connectivity index (χ2v) is 8.77. The van der Waals surface area contributed by atoms with Crippen molar-refractivity contribution in [2.45, 2.75) is 38.1 Å². The molecule has 1 saturated carbocycles. The molecule has 0 spiro atoms. The maximum atomic E-state index is 6.08. The van der Waals surface area contributed by atoms with Gasteiger partial charge in [0.1, 0.15) is 18.4 Å². The fourth-order valence-corrected chi connectivity index (χ4v) is 4.31. The van der Waals surface area contributed by atoms with Crippen molar-refractivity contribution in [3.05, 3.63) is 100 Å². The van der Waals surface area contributed by atoms with Crippen molar-refractivity contribution >= 4 is 17.3 Å². The largest absolute Gasteiger partial charge is 0.390 e. The van der Waals surface area contributed by atoms with Crippen LogP contribution in [0.25, 0.3) is 0 Å². The number of oxime groups is 1. The number of hydrogen-bond donors (Lipinski definition) is 0. The quantitative estimate of drug-likeness (QED) is 0.291. The molecule has 0 amide bonds. The molecule has 1 aliphatic heterocycles. The standard InChI is InChI=1S/C26H25ClN2O4/c1-30-26(18-8-9-18)24-15-20-14-19(10-11-23(20)32-33-24)25(22-7-2-3-12-28-22)29-31-16-17-5-4-6-21(27)13-17/h2-7,10-13,15,18,24,26H,8-9,14,16H2,1H3. The van der Waals surface area contributed by atoms with Crippen LogP contribution in [0.3, 0.4) is 0 Å². The van der Waals surface area contributed by atoms with Crippen molar-refractivity contribution in [1.82, 2.24) is 4.98 Å². The summed E-state index contributed by atoms with van der Waals surface area (Å²) in [7, 11) is 1.73. The van der Waals surface area contributed by atoms with Crippen LogP contribution in [0.2, 0.25) is 5.02 Å². The Morgan fingerprint density at radius 3 is 2.88 bits per heavy atom. The van der Waals surface area contributed by atoms with E-state index in [9.17, 15) is 0 Å². The van der Waals surface area contributed by atoms with Gasteiger partial charge in [-0.25, -0.2) is 0 Å². The molecule has 1 aromatic carbocycles. The average molecular weight is 465 g/mol. The topological polar surface area (TPSA) is 62.2 Å². The van der Waals surface area contributed by atoms with Crippen molar-refractivity contribution in [2.24, 2.45) is 11.1 Å². The lowest BCUT2D eigenvalue weighted by atomic mass is 9.91. The minimum atomic E-state index is -0.233. The molecule has 170 valence electrons. The molecule has 2 aliphatic carbocycles. The Morgan fingerprint density at radius 2 is 2.12 bits per heavy atom. The van der Waals surface area contributed by atoms with Gasteiger partial charge in [0, 0.05) is 30.3 Å². The van der Waals surface area contributed by atoms with E-state index in [2.05, 4.69) is 16.2 Å². The summed E-state index contributed by atoms with van der Waals surface area (Å²) < 4.78 is 5.69. The van der Waals surface area contributed by atoms with Gasteiger partial charge in [-0.15, -0.1) is 0 Å². The molecule has 0 radical (unpaired) electrons. The summed E-state index contributed by atoms with van der Waals surface area (Å²) in [5, 5.41) is 5.14. The third-order valence-corrected chi connectivity index (χ3v) is 6.15. The number of hydrogen-bond acceptors (Lipinski definition) is 6. The normalized spacial score (nSPS) is 21.2. The molecule has 1 fully saturated rings. The van der Waals surface area contributed by atoms with E-state index in [0.29, 0.717) is 35.4 Å². The zero-order valence-electron chi connectivity index (χ0n) is 18.3. The van der Waals surface area contributed by atoms with E-state index in [-0.39, 0.29) is 12.2 Å². The molecular formula is C26H25ClN2O4. The third kappa shape index (κ3) is 5.19. The Labute approximate surface area is 198 Å². The minimum Gasteiger partial charge on any atom is -0.390 e. The Kier molecular flexibility index (Phi) is 6.58. The van der Waals surface area contributed by atoms with Crippen LogP contribution in [0, 0.1) is 5.92 Å². The summed E-state index contributed by atoms with van der Waals surface area (Å²) in [5.41, 5.74) is 4.40. The number of benzene rings is 1. The van der Waals surface area contributed by atoms with Crippen LogP contribution in [0.1, 0.15) is 30.5 Å². The molecule has 2 heterocycles. The maximum absolute atomic E-state index is 6.08. The molecule has 0 bridgehead atoms. The fraction of sp³-hybridized carbons (Fsp3) is 0.308. The summed E-state index contributed by atoms with van der Waals surface area (Å²) >= 11 is 6.08. The Bertz CT molecular complexity index is 1120. The van der Waals surface area contributed by atoms with Crippen LogP contribution in [-0.4, -0.2) is 30.0 Å². The monoisotopic (exact) mass is 464 g/mol. The first kappa shape index (κ1) is 21.9. The molecule has 0 saturated heterocycles. The Balaban J connectivity index is 1.39. The van der Waals surface area contributed by atoms with Crippen molar-refractivity contribution in [2.75, 3.05) is 7.11 Å². The number of methoxy groups -OCH3 is 1. The molecule has 7 heteroatoms. The predicted molar refractivity (Wildman–Crippen MR) is 125 cm³/mol. The second-order valence-electron chi connectivity index (χ2n) is 8.33. The van der Waals surface area contributed by atoms with Crippen molar-refractivity contribution in [3.8, 4) is 0 Å². The molecule has 2 aromatic rings. The summed E-state index contributed by atoms with van der Waals surface area (Å²) in [6.45, 7) is 0.309. The average Bonchev–Trinajstić information content (AvgIpc) is 3.68. The fourth-order valence-electron chi connectivity index (χ4n) is 4.09. The molecule has 1 aromatic heterocycles. The molecule has 2 unspecified atom stereocenters. The molecule has 2 atom stereocenters. The van der Waals surface area contributed by atoms with E-state index in [1.807, 2.05) is 54.6 Å². The number of pyridine rings is 1. The zero-order valence-corrected chi connectivity index (χ0v) is 19.1. The van der Waals surface area contributed by atoms with Gasteiger partial charge in [-0.2, -0.15) is 4.89 Å². The predicted octanol–water partition coefficient (Wildman–Crippen LogP) is 5.55. The van der Waals surface area contributed by atoms with E-state index in [4.69, 9.17) is 31.0 Å². The van der Waals surface area contributed by atoms with Crippen LogP contribution in [0.5, 0.6) is 0 Å². The number of halogens is 1. The molecule has 3 aliphatic rings. The zero-order chi connectivity index (χ0) is 22.6. The van der Waals surface area contributed by atoms with Crippen LogP contribution >= 0.6 is 11.6 Å². The highest BCUT2D eigenvalue weighted by molar-refractivity contribution is 6.30. The van der Waals surface area contributed by atoms with Crippen LogP contribution in [-0.2, 0) is 26.0 Å². The van der Waals surface area contributed by atoms with Gasteiger partial charge < -0.3 is 14.5 Å². The summed E-state index contributed by atoms with van der Waals surface area (Å²) in [5.74, 6) is 1.23. The lowest BCUT2D eigenvalue weighted by Crippen LogP contribution is -2.34. The van der Waals surface area contributed by atoms with Crippen LogP contribution < -0.4 is 0 Å². The van der Waals surface area contributed by atoms with E-state index >= 15 is 0 Å². The first-order valence-electron chi connectivity index (χ1n) is 11.1. The maximum Gasteiger partial charge on any atom is 0.168 e. The van der Waals surface area contributed by atoms with E-state index in [0.717, 1.165) is 35.2 Å². The van der Waals surface area contributed by atoms with Gasteiger partial charge in [-0.1, -0.05) is 41.0 Å². The van der Waals surface area contributed by atoms with Crippen molar-refractivity contribution in [1.29, 1.82) is 0 Å². The van der Waals surface area contributed by atoms with Crippen LogP contribution in [0.15, 0.2) is 89.0 Å². The smallest absolute Gasteiger partial charge is 0.168 e. The molecule has 33 heavy (non-hydrogen) atoms. The first-order chi connectivity index (χ1) is 16.2. The highest BCUT2D eigenvalue weighted by atomic mass is 35.5. The number of nitrogens with zero attached hydrogens (tertiary/aromatic N) is 2. The summed E-state index contributed by atoms with van der Waals surface area (Å²) in [6.07, 6.45) is 10.4. The Hall–Kier alpha value is -2.93. The lowest BCUT2D eigenvalue weighted by Gasteiger charge is -2.30. The highest BCUT2D eigenvalue weighted by Crippen LogP contribution is 2.40. The van der Waals surface area contributed by atoms with Crippen molar-refractivity contribution in [3.63, 3.8) is 0 Å². The SMILES string of the molecule is COC(C1CC1)C1C=C2CC(C(=NOCc3cccc(Cl)c3)c3ccccn3)=CC=C2OO1. The van der Waals surface area contributed by atoms with Gasteiger partial charge in [0.2, 0.25) is 0 Å². The first-order valence-corrected chi connectivity index (χ1v) is 11.4. The van der Waals surface area contributed by atoms with Gasteiger partial charge >= 0.3 is 0 Å². The van der Waals surface area contributed by atoms with Gasteiger partial charge in [0.15, 0.2) is 5.76 Å². The lowest BCUT2D eigenvalue weighted by molar-refractivity contribution is -0.306. The van der Waals surface area contributed by atoms with Crippen molar-refractivity contribution < 1.29 is 19.3 Å². The Morgan fingerprint density at radius 1 is 1.21 bits per heavy atom. The number of aromatic nitrogens is 1. The number of ether oxygens (including phenoxy) is 1. The molecule has 6 nitrogen and oxygen atoms in total. The molecular weight excluding hydrogens is 440 g/mol. The van der Waals surface area contributed by atoms with Gasteiger partial charge in [0.05, 0.1) is 11.8 Å². The van der Waals surface area contributed by atoms with E-state index in [1.54, 1.807) is 13.3 Å². The van der Waals surface area contributed by atoms with Gasteiger partial charge in [-0.05, 0) is 66.3 Å². The van der Waals surface area contributed by atoms with Gasteiger partial charge in [0.25, 0.3) is 0 Å². The summed E-state index contributed by atoms with van der Waals surface area (Å²) in [4.78, 5) is 21.5. The van der Waals surface area contributed by atoms with Gasteiger partial charge in [-0.3, -0.25) is 4.98 Å². The second kappa shape index (κ2) is 9.91. The highest BCUT2D eigenvalue weighted by Gasteiger charge is 2.39. The number of allylic oxidation sites excluding steroid dienone is 4.